The molecule has 1 aromatic carbocycles. The lowest BCUT2D eigenvalue weighted by Crippen LogP contribution is -2.50. The van der Waals surface area contributed by atoms with Gasteiger partial charge in [-0.1, -0.05) is 32.9 Å². The van der Waals surface area contributed by atoms with Crippen LogP contribution in [-0.2, 0) is 5.41 Å². The molecule has 5 nitrogen and oxygen atoms in total. The summed E-state index contributed by atoms with van der Waals surface area (Å²) in [5, 5.41) is 0. The summed E-state index contributed by atoms with van der Waals surface area (Å²) in [6, 6.07) is 11.3. The fourth-order valence-electron chi connectivity index (χ4n) is 3.09. The number of pyridine rings is 1. The van der Waals surface area contributed by atoms with Gasteiger partial charge in [0.1, 0.15) is 0 Å². The van der Waals surface area contributed by atoms with Crippen molar-refractivity contribution in [1.82, 2.24) is 14.8 Å². The van der Waals surface area contributed by atoms with Gasteiger partial charge in [0, 0.05) is 49.7 Å². The predicted octanol–water partition coefficient (Wildman–Crippen LogP) is 2.98. The van der Waals surface area contributed by atoms with E-state index in [0.29, 0.717) is 37.3 Å². The van der Waals surface area contributed by atoms with Crippen LogP contribution in [0.25, 0.3) is 0 Å². The number of carbonyl (C=O) groups excluding carboxylic acids is 2. The van der Waals surface area contributed by atoms with E-state index >= 15 is 0 Å². The van der Waals surface area contributed by atoms with Crippen molar-refractivity contribution >= 4 is 11.8 Å². The van der Waals surface area contributed by atoms with Gasteiger partial charge in [-0.15, -0.1) is 0 Å². The standard InChI is InChI=1S/C21H25N3O2/c1-21(2,3)18-6-4-16(5-7-18)19(25)23-12-14-24(15-13-23)20(26)17-8-10-22-11-9-17/h4-11H,12-15H2,1-3H3. The third-order valence-corrected chi connectivity index (χ3v) is 4.78. The minimum atomic E-state index is -0.00553. The van der Waals surface area contributed by atoms with E-state index in [2.05, 4.69) is 25.8 Å². The maximum atomic E-state index is 12.7. The number of nitrogens with zero attached hydrogens (tertiary/aromatic N) is 3. The Hall–Kier alpha value is -2.69. The van der Waals surface area contributed by atoms with Gasteiger partial charge in [-0.2, -0.15) is 0 Å². The summed E-state index contributed by atoms with van der Waals surface area (Å²) in [7, 11) is 0. The molecule has 0 spiro atoms. The largest absolute Gasteiger partial charge is 0.335 e. The molecule has 0 unspecified atom stereocenters. The van der Waals surface area contributed by atoms with Crippen molar-refractivity contribution in [1.29, 1.82) is 0 Å². The molecule has 2 amide bonds. The average Bonchev–Trinajstić information content (AvgIpc) is 2.67. The Morgan fingerprint density at radius 2 is 1.19 bits per heavy atom. The molecule has 1 fully saturated rings. The Bertz CT molecular complexity index is 771. The van der Waals surface area contributed by atoms with Crippen LogP contribution in [0.2, 0.25) is 0 Å². The van der Waals surface area contributed by atoms with Crippen LogP contribution < -0.4 is 0 Å². The summed E-state index contributed by atoms with van der Waals surface area (Å²) >= 11 is 0. The number of benzene rings is 1. The normalized spacial score (nSPS) is 15.0. The van der Waals surface area contributed by atoms with Crippen molar-refractivity contribution in [2.45, 2.75) is 26.2 Å². The molecule has 0 N–H and O–H groups in total. The van der Waals surface area contributed by atoms with Gasteiger partial charge >= 0.3 is 0 Å². The van der Waals surface area contributed by atoms with E-state index in [0.717, 1.165) is 0 Å². The lowest BCUT2D eigenvalue weighted by Gasteiger charge is -2.35. The van der Waals surface area contributed by atoms with Gasteiger partial charge in [0.15, 0.2) is 0 Å². The van der Waals surface area contributed by atoms with Crippen LogP contribution in [-0.4, -0.2) is 52.8 Å². The molecule has 2 heterocycles. The zero-order valence-electron chi connectivity index (χ0n) is 15.6. The van der Waals surface area contributed by atoms with Gasteiger partial charge in [0.2, 0.25) is 0 Å². The highest BCUT2D eigenvalue weighted by atomic mass is 16.2. The minimum absolute atomic E-state index is 0.00553. The Morgan fingerprint density at radius 1 is 0.769 bits per heavy atom. The van der Waals surface area contributed by atoms with E-state index in [-0.39, 0.29) is 17.2 Å². The van der Waals surface area contributed by atoms with Gasteiger partial charge in [-0.3, -0.25) is 14.6 Å². The van der Waals surface area contributed by atoms with Crippen molar-refractivity contribution in [2.75, 3.05) is 26.2 Å². The van der Waals surface area contributed by atoms with Gasteiger partial charge in [0.05, 0.1) is 0 Å². The van der Waals surface area contributed by atoms with Crippen molar-refractivity contribution in [3.8, 4) is 0 Å². The highest BCUT2D eigenvalue weighted by Crippen LogP contribution is 2.22. The van der Waals surface area contributed by atoms with Gasteiger partial charge in [0.25, 0.3) is 11.8 Å². The molecule has 2 aromatic rings. The summed E-state index contributed by atoms with van der Waals surface area (Å²) in [5.74, 6) is 0.0236. The predicted molar refractivity (Wildman–Crippen MR) is 101 cm³/mol. The van der Waals surface area contributed by atoms with Gasteiger partial charge in [-0.05, 0) is 35.2 Å². The van der Waals surface area contributed by atoms with E-state index in [9.17, 15) is 9.59 Å². The first kappa shape index (κ1) is 18.1. The first-order valence-electron chi connectivity index (χ1n) is 8.95. The van der Waals surface area contributed by atoms with E-state index in [1.807, 2.05) is 29.2 Å². The third kappa shape index (κ3) is 3.93. The molecule has 0 radical (unpaired) electrons. The van der Waals surface area contributed by atoms with Crippen LogP contribution in [0.5, 0.6) is 0 Å². The summed E-state index contributed by atoms with van der Waals surface area (Å²) < 4.78 is 0. The van der Waals surface area contributed by atoms with Crippen LogP contribution in [0, 0.1) is 0 Å². The second-order valence-corrected chi connectivity index (χ2v) is 7.65. The fourth-order valence-corrected chi connectivity index (χ4v) is 3.09. The number of hydrogen-bond acceptors (Lipinski definition) is 3. The Labute approximate surface area is 154 Å². The molecular formula is C21H25N3O2. The Kier molecular flexibility index (Phi) is 5.07. The van der Waals surface area contributed by atoms with E-state index in [1.54, 1.807) is 29.4 Å². The molecule has 3 rings (SSSR count). The molecule has 0 aliphatic carbocycles. The number of piperazine rings is 1. The van der Waals surface area contributed by atoms with Crippen molar-refractivity contribution in [3.63, 3.8) is 0 Å². The van der Waals surface area contributed by atoms with Crippen molar-refractivity contribution in [3.05, 3.63) is 65.5 Å². The van der Waals surface area contributed by atoms with E-state index in [4.69, 9.17) is 0 Å². The van der Waals surface area contributed by atoms with Crippen molar-refractivity contribution in [2.24, 2.45) is 0 Å². The zero-order valence-corrected chi connectivity index (χ0v) is 15.6. The number of aromatic nitrogens is 1. The van der Waals surface area contributed by atoms with Crippen LogP contribution >= 0.6 is 0 Å². The highest BCUT2D eigenvalue weighted by Gasteiger charge is 2.25. The molecule has 5 heteroatoms. The highest BCUT2D eigenvalue weighted by molar-refractivity contribution is 5.96. The molecule has 1 aliphatic rings. The maximum absolute atomic E-state index is 12.7. The summed E-state index contributed by atoms with van der Waals surface area (Å²) in [6.07, 6.45) is 3.24. The molecule has 136 valence electrons. The van der Waals surface area contributed by atoms with E-state index in [1.165, 1.54) is 5.56 Å². The zero-order chi connectivity index (χ0) is 18.7. The Morgan fingerprint density at radius 3 is 1.62 bits per heavy atom. The lowest BCUT2D eigenvalue weighted by molar-refractivity contribution is 0.0535. The molecule has 0 saturated carbocycles. The molecule has 1 aliphatic heterocycles. The molecule has 1 saturated heterocycles. The summed E-state index contributed by atoms with van der Waals surface area (Å²) in [5.41, 5.74) is 2.62. The Balaban J connectivity index is 1.61. The second-order valence-electron chi connectivity index (χ2n) is 7.65. The minimum Gasteiger partial charge on any atom is -0.335 e. The second kappa shape index (κ2) is 7.28. The molecule has 0 bridgehead atoms. The lowest BCUT2D eigenvalue weighted by atomic mass is 9.86. The number of carbonyl (C=O) groups is 2. The number of rotatable bonds is 2. The average molecular weight is 351 g/mol. The number of hydrogen-bond donors (Lipinski definition) is 0. The maximum Gasteiger partial charge on any atom is 0.254 e. The molecular weight excluding hydrogens is 326 g/mol. The van der Waals surface area contributed by atoms with Gasteiger partial charge < -0.3 is 9.80 Å². The fraction of sp³-hybridized carbons (Fsp3) is 0.381. The molecule has 26 heavy (non-hydrogen) atoms. The topological polar surface area (TPSA) is 53.5 Å². The first-order chi connectivity index (χ1) is 12.4. The summed E-state index contributed by atoms with van der Waals surface area (Å²) in [4.78, 5) is 32.7. The SMILES string of the molecule is CC(C)(C)c1ccc(C(=O)N2CCN(C(=O)c3ccncc3)CC2)cc1. The molecule has 0 atom stereocenters. The van der Waals surface area contributed by atoms with E-state index < -0.39 is 0 Å². The van der Waals surface area contributed by atoms with Crippen molar-refractivity contribution < 1.29 is 9.59 Å². The third-order valence-electron chi connectivity index (χ3n) is 4.78. The smallest absolute Gasteiger partial charge is 0.254 e. The van der Waals surface area contributed by atoms with Crippen LogP contribution in [0.15, 0.2) is 48.8 Å². The van der Waals surface area contributed by atoms with Crippen LogP contribution in [0.4, 0.5) is 0 Å². The number of amides is 2. The summed E-state index contributed by atoms with van der Waals surface area (Å²) in [6.45, 7) is 8.67. The molecule has 1 aromatic heterocycles. The quantitative estimate of drug-likeness (QED) is 0.836. The van der Waals surface area contributed by atoms with Crippen LogP contribution in [0.3, 0.4) is 0 Å². The van der Waals surface area contributed by atoms with Crippen LogP contribution in [0.1, 0.15) is 47.1 Å². The first-order valence-corrected chi connectivity index (χ1v) is 8.95. The monoisotopic (exact) mass is 351 g/mol. The van der Waals surface area contributed by atoms with Gasteiger partial charge in [-0.25, -0.2) is 0 Å².